The SMILES string of the molecule is O=C1CC=Cc2sc3c(c21)CCNC3. The van der Waals surface area contributed by atoms with Crippen LogP contribution < -0.4 is 5.32 Å². The summed E-state index contributed by atoms with van der Waals surface area (Å²) >= 11 is 1.77. The van der Waals surface area contributed by atoms with Crippen LogP contribution in [0.5, 0.6) is 0 Å². The van der Waals surface area contributed by atoms with Gasteiger partial charge >= 0.3 is 0 Å². The number of fused-ring (bicyclic) bond motifs is 3. The fourth-order valence-electron chi connectivity index (χ4n) is 2.15. The molecule has 1 aromatic heterocycles. The average Bonchev–Trinajstić information content (AvgIpc) is 2.57. The van der Waals surface area contributed by atoms with Gasteiger partial charge in [-0.3, -0.25) is 4.79 Å². The lowest BCUT2D eigenvalue weighted by atomic mass is 9.95. The van der Waals surface area contributed by atoms with E-state index in [1.54, 1.807) is 11.3 Å². The first-order chi connectivity index (χ1) is 6.86. The quantitative estimate of drug-likeness (QED) is 0.702. The van der Waals surface area contributed by atoms with Crippen molar-refractivity contribution >= 4 is 23.2 Å². The third kappa shape index (κ3) is 1.09. The molecule has 1 aliphatic carbocycles. The van der Waals surface area contributed by atoms with Crippen LogP contribution in [0, 0.1) is 0 Å². The molecule has 1 aliphatic heterocycles. The van der Waals surface area contributed by atoms with E-state index in [1.807, 2.05) is 6.08 Å². The number of carbonyl (C=O) groups excluding carboxylic acids is 1. The second kappa shape index (κ2) is 3.04. The number of hydrogen-bond acceptors (Lipinski definition) is 3. The van der Waals surface area contributed by atoms with Crippen molar-refractivity contribution in [3.63, 3.8) is 0 Å². The molecular formula is C11H11NOS. The van der Waals surface area contributed by atoms with Crippen LogP contribution in [0.1, 0.15) is 32.1 Å². The van der Waals surface area contributed by atoms with Gasteiger partial charge in [0.2, 0.25) is 0 Å². The summed E-state index contributed by atoms with van der Waals surface area (Å²) in [5, 5.41) is 3.34. The van der Waals surface area contributed by atoms with Crippen LogP contribution >= 0.6 is 11.3 Å². The smallest absolute Gasteiger partial charge is 0.168 e. The predicted molar refractivity (Wildman–Crippen MR) is 57.7 cm³/mol. The molecule has 0 atom stereocenters. The molecule has 14 heavy (non-hydrogen) atoms. The van der Waals surface area contributed by atoms with E-state index >= 15 is 0 Å². The monoisotopic (exact) mass is 205 g/mol. The van der Waals surface area contributed by atoms with E-state index in [-0.39, 0.29) is 0 Å². The Kier molecular flexibility index (Phi) is 1.82. The Hall–Kier alpha value is -0.930. The number of nitrogens with one attached hydrogen (secondary N) is 1. The minimum Gasteiger partial charge on any atom is -0.312 e. The molecule has 0 saturated heterocycles. The molecule has 0 bridgehead atoms. The van der Waals surface area contributed by atoms with Gasteiger partial charge in [-0.1, -0.05) is 6.08 Å². The lowest BCUT2D eigenvalue weighted by Gasteiger charge is -2.14. The summed E-state index contributed by atoms with van der Waals surface area (Å²) < 4.78 is 0. The van der Waals surface area contributed by atoms with Crippen LogP contribution in [0.2, 0.25) is 0 Å². The lowest BCUT2D eigenvalue weighted by Crippen LogP contribution is -2.23. The normalized spacial score (nSPS) is 19.3. The van der Waals surface area contributed by atoms with E-state index in [9.17, 15) is 4.79 Å². The first-order valence-electron chi connectivity index (χ1n) is 4.91. The molecule has 1 N–H and O–H groups in total. The number of hydrogen-bond donors (Lipinski definition) is 1. The Morgan fingerprint density at radius 1 is 1.43 bits per heavy atom. The summed E-state index contributed by atoms with van der Waals surface area (Å²) in [6.45, 7) is 1.95. The van der Waals surface area contributed by atoms with Crippen molar-refractivity contribution < 1.29 is 4.79 Å². The molecule has 1 aromatic rings. The van der Waals surface area contributed by atoms with Crippen LogP contribution in [0.3, 0.4) is 0 Å². The second-order valence-corrected chi connectivity index (χ2v) is 4.84. The fourth-order valence-corrected chi connectivity index (χ4v) is 3.42. The van der Waals surface area contributed by atoms with E-state index in [0.29, 0.717) is 12.2 Å². The Balaban J connectivity index is 2.22. The van der Waals surface area contributed by atoms with Crippen molar-refractivity contribution in [1.82, 2.24) is 5.32 Å². The highest BCUT2D eigenvalue weighted by Crippen LogP contribution is 2.34. The van der Waals surface area contributed by atoms with Gasteiger partial charge < -0.3 is 5.32 Å². The molecular weight excluding hydrogens is 194 g/mol. The second-order valence-electron chi connectivity index (χ2n) is 3.70. The minimum atomic E-state index is 0.307. The molecule has 0 radical (unpaired) electrons. The van der Waals surface area contributed by atoms with Crippen LogP contribution in [0.15, 0.2) is 6.08 Å². The molecule has 0 unspecified atom stereocenters. The first-order valence-corrected chi connectivity index (χ1v) is 5.73. The molecule has 0 saturated carbocycles. The zero-order valence-corrected chi connectivity index (χ0v) is 8.62. The molecule has 0 fully saturated rings. The van der Waals surface area contributed by atoms with Crippen molar-refractivity contribution in [2.75, 3.05) is 6.54 Å². The molecule has 2 heterocycles. The maximum absolute atomic E-state index is 11.8. The standard InChI is InChI=1S/C11H11NOS/c13-8-2-1-3-9-11(8)7-4-5-12-6-10(7)14-9/h1,3,12H,2,4-6H2. The van der Waals surface area contributed by atoms with Crippen molar-refractivity contribution in [2.24, 2.45) is 0 Å². The Labute approximate surface area is 86.6 Å². The Morgan fingerprint density at radius 3 is 3.29 bits per heavy atom. The summed E-state index contributed by atoms with van der Waals surface area (Å²) in [6, 6.07) is 0. The highest BCUT2D eigenvalue weighted by atomic mass is 32.1. The third-order valence-electron chi connectivity index (χ3n) is 2.81. The van der Waals surface area contributed by atoms with Crippen molar-refractivity contribution in [2.45, 2.75) is 19.4 Å². The van der Waals surface area contributed by atoms with Gasteiger partial charge in [0.1, 0.15) is 0 Å². The summed E-state index contributed by atoms with van der Waals surface area (Å²) in [4.78, 5) is 14.3. The largest absolute Gasteiger partial charge is 0.312 e. The van der Waals surface area contributed by atoms with Crippen LogP contribution in [-0.4, -0.2) is 12.3 Å². The predicted octanol–water partition coefficient (Wildman–Crippen LogP) is 1.99. The van der Waals surface area contributed by atoms with E-state index in [0.717, 1.165) is 25.1 Å². The van der Waals surface area contributed by atoms with E-state index in [1.165, 1.54) is 15.3 Å². The van der Waals surface area contributed by atoms with Gasteiger partial charge in [-0.25, -0.2) is 0 Å². The van der Waals surface area contributed by atoms with Gasteiger partial charge in [-0.2, -0.15) is 0 Å². The molecule has 2 aliphatic rings. The highest BCUT2D eigenvalue weighted by molar-refractivity contribution is 7.13. The summed E-state index contributed by atoms with van der Waals surface area (Å²) in [5.41, 5.74) is 2.34. The molecule has 72 valence electrons. The average molecular weight is 205 g/mol. The van der Waals surface area contributed by atoms with Crippen molar-refractivity contribution in [3.05, 3.63) is 27.0 Å². The maximum atomic E-state index is 11.8. The number of carbonyl (C=O) groups is 1. The fraction of sp³-hybridized carbons (Fsp3) is 0.364. The van der Waals surface area contributed by atoms with Gasteiger partial charge in [0.25, 0.3) is 0 Å². The number of Topliss-reactive ketones (excluding diaryl/α,β-unsaturated/α-hetero) is 1. The molecule has 3 rings (SSSR count). The highest BCUT2D eigenvalue weighted by Gasteiger charge is 2.24. The Morgan fingerprint density at radius 2 is 2.36 bits per heavy atom. The zero-order valence-electron chi connectivity index (χ0n) is 7.80. The van der Waals surface area contributed by atoms with Gasteiger partial charge in [-0.05, 0) is 24.6 Å². The zero-order chi connectivity index (χ0) is 9.54. The van der Waals surface area contributed by atoms with Gasteiger partial charge in [0, 0.05) is 28.3 Å². The molecule has 2 nitrogen and oxygen atoms in total. The van der Waals surface area contributed by atoms with Crippen molar-refractivity contribution in [3.8, 4) is 0 Å². The molecule has 3 heteroatoms. The van der Waals surface area contributed by atoms with Crippen LogP contribution in [-0.2, 0) is 13.0 Å². The number of thiophene rings is 1. The van der Waals surface area contributed by atoms with Gasteiger partial charge in [0.15, 0.2) is 5.78 Å². The summed E-state index contributed by atoms with van der Waals surface area (Å²) in [7, 11) is 0. The molecule has 0 aromatic carbocycles. The minimum absolute atomic E-state index is 0.307. The Bertz CT molecular complexity index is 431. The topological polar surface area (TPSA) is 29.1 Å². The molecule has 0 spiro atoms. The van der Waals surface area contributed by atoms with E-state index < -0.39 is 0 Å². The summed E-state index contributed by atoms with van der Waals surface area (Å²) in [5.74, 6) is 0.307. The number of allylic oxidation sites excluding steroid dienone is 1. The number of ketones is 1. The first kappa shape index (κ1) is 8.38. The summed E-state index contributed by atoms with van der Waals surface area (Å²) in [6.07, 6.45) is 5.67. The van der Waals surface area contributed by atoms with Crippen LogP contribution in [0.4, 0.5) is 0 Å². The van der Waals surface area contributed by atoms with E-state index in [4.69, 9.17) is 0 Å². The van der Waals surface area contributed by atoms with Crippen molar-refractivity contribution in [1.29, 1.82) is 0 Å². The van der Waals surface area contributed by atoms with Gasteiger partial charge in [-0.15, -0.1) is 11.3 Å². The van der Waals surface area contributed by atoms with Gasteiger partial charge in [0.05, 0.1) is 0 Å². The van der Waals surface area contributed by atoms with E-state index in [2.05, 4.69) is 11.4 Å². The number of rotatable bonds is 0. The molecule has 0 amide bonds. The van der Waals surface area contributed by atoms with Crippen LogP contribution in [0.25, 0.3) is 6.08 Å². The third-order valence-corrected chi connectivity index (χ3v) is 4.00. The maximum Gasteiger partial charge on any atom is 0.168 e. The lowest BCUT2D eigenvalue weighted by molar-refractivity contribution is 0.0994.